The summed E-state index contributed by atoms with van der Waals surface area (Å²) in [6.07, 6.45) is 2.18. The van der Waals surface area contributed by atoms with Crippen molar-refractivity contribution in [2.24, 2.45) is 0 Å². The molecule has 0 unspecified atom stereocenters. The monoisotopic (exact) mass is 511 g/mol. The quantitative estimate of drug-likeness (QED) is 0.427. The first kappa shape index (κ1) is 25.4. The number of hydrogen-bond donors (Lipinski definition) is 2. The molecule has 1 fully saturated rings. The van der Waals surface area contributed by atoms with Crippen LogP contribution in [0.25, 0.3) is 22.3 Å². The zero-order valence-corrected chi connectivity index (χ0v) is 19.4. The lowest BCUT2D eigenvalue weighted by molar-refractivity contribution is -0.192. The summed E-state index contributed by atoms with van der Waals surface area (Å²) in [6, 6.07) is 11.7. The molecule has 0 bridgehead atoms. The summed E-state index contributed by atoms with van der Waals surface area (Å²) in [6.45, 7) is 2.85. The molecule has 1 aromatic carbocycles. The zero-order valence-electron chi connectivity index (χ0n) is 19.4. The van der Waals surface area contributed by atoms with Gasteiger partial charge in [-0.05, 0) is 25.1 Å². The number of aromatic amines is 1. The smallest absolute Gasteiger partial charge is 0.475 e. The first-order valence-electron chi connectivity index (χ1n) is 10.9. The van der Waals surface area contributed by atoms with Gasteiger partial charge in [0, 0.05) is 42.0 Å². The molecule has 0 spiro atoms. The number of H-pyrrole nitrogens is 1. The minimum Gasteiger partial charge on any atom is -0.475 e. The molecule has 190 valence electrons. The van der Waals surface area contributed by atoms with Crippen molar-refractivity contribution < 1.29 is 27.9 Å². The van der Waals surface area contributed by atoms with Crippen LogP contribution in [-0.4, -0.2) is 65.9 Å². The molecule has 0 saturated carbocycles. The topological polar surface area (TPSA) is 141 Å². The Bertz CT molecular complexity index is 1500. The second-order valence-electron chi connectivity index (χ2n) is 8.53. The Kier molecular flexibility index (Phi) is 6.67. The number of amides is 1. The van der Waals surface area contributed by atoms with Crippen LogP contribution in [0.1, 0.15) is 22.3 Å². The molecule has 1 saturated heterocycles. The van der Waals surface area contributed by atoms with Gasteiger partial charge >= 0.3 is 12.1 Å². The molecule has 1 aliphatic rings. The van der Waals surface area contributed by atoms with Crippen LogP contribution >= 0.6 is 0 Å². The number of aryl methyl sites for hydroxylation is 1. The van der Waals surface area contributed by atoms with E-state index < -0.39 is 17.7 Å². The molecule has 0 atom stereocenters. The van der Waals surface area contributed by atoms with E-state index in [4.69, 9.17) is 9.90 Å². The van der Waals surface area contributed by atoms with Gasteiger partial charge in [-0.15, -0.1) is 0 Å². The van der Waals surface area contributed by atoms with Gasteiger partial charge in [-0.2, -0.15) is 23.5 Å². The number of nitrogens with one attached hydrogen (secondary N) is 1. The van der Waals surface area contributed by atoms with Gasteiger partial charge in [0.15, 0.2) is 0 Å². The zero-order chi connectivity index (χ0) is 26.8. The van der Waals surface area contributed by atoms with Crippen LogP contribution in [0.2, 0.25) is 0 Å². The van der Waals surface area contributed by atoms with Gasteiger partial charge < -0.3 is 15.0 Å². The van der Waals surface area contributed by atoms with Crippen LogP contribution in [0.4, 0.5) is 13.2 Å². The summed E-state index contributed by atoms with van der Waals surface area (Å²) in [5, 5.41) is 22.0. The summed E-state index contributed by atoms with van der Waals surface area (Å²) in [7, 11) is 0. The Morgan fingerprint density at radius 3 is 2.62 bits per heavy atom. The van der Waals surface area contributed by atoms with E-state index >= 15 is 0 Å². The standard InChI is InChI=1S/C22H19N7O.C2HF3O2/c1-15-3-2-4-16(9-15)21(30)28-12-22(13-28,6-7-23)29-11-17(10-27-29)19-18-5-8-24-20(18)26-14-25-19;3-2(4,5)1(6)7/h2-5,8-11,14H,6,12-13H2,1H3,(H,24,25,26);(H,6,7). The number of rotatable bonds is 4. The molecule has 4 aromatic rings. The average molecular weight is 511 g/mol. The van der Waals surface area contributed by atoms with Crippen molar-refractivity contribution in [3.05, 3.63) is 66.4 Å². The lowest BCUT2D eigenvalue weighted by atomic mass is 9.86. The van der Waals surface area contributed by atoms with E-state index in [9.17, 15) is 23.2 Å². The van der Waals surface area contributed by atoms with Gasteiger partial charge in [-0.25, -0.2) is 14.8 Å². The number of halogens is 3. The Labute approximate surface area is 208 Å². The molecule has 5 rings (SSSR count). The maximum atomic E-state index is 12.8. The molecule has 1 amide bonds. The number of nitrogens with zero attached hydrogens (tertiary/aromatic N) is 6. The molecule has 1 aliphatic heterocycles. The second-order valence-corrected chi connectivity index (χ2v) is 8.53. The van der Waals surface area contributed by atoms with E-state index in [1.54, 1.807) is 11.1 Å². The summed E-state index contributed by atoms with van der Waals surface area (Å²) < 4.78 is 33.5. The average Bonchev–Trinajstić information content (AvgIpc) is 3.50. The SMILES string of the molecule is Cc1cccc(C(=O)N2CC(CC#N)(n3cc(-c4ncnc5[nH]ccc45)cn3)C2)c1.O=C(O)C(F)(F)F. The minimum atomic E-state index is -5.08. The van der Waals surface area contributed by atoms with Crippen molar-refractivity contribution in [2.45, 2.75) is 25.1 Å². The van der Waals surface area contributed by atoms with Crippen LogP contribution in [0, 0.1) is 18.3 Å². The first-order chi connectivity index (χ1) is 17.5. The van der Waals surface area contributed by atoms with Gasteiger partial charge in [-0.1, -0.05) is 17.7 Å². The number of carboxylic acids is 1. The van der Waals surface area contributed by atoms with Crippen molar-refractivity contribution in [1.82, 2.24) is 29.6 Å². The van der Waals surface area contributed by atoms with Gasteiger partial charge in [0.2, 0.25) is 0 Å². The van der Waals surface area contributed by atoms with Crippen LogP contribution < -0.4 is 0 Å². The highest BCUT2D eigenvalue weighted by molar-refractivity contribution is 5.95. The van der Waals surface area contributed by atoms with Crippen molar-refractivity contribution in [2.75, 3.05) is 13.1 Å². The molecule has 0 radical (unpaired) electrons. The third-order valence-electron chi connectivity index (χ3n) is 5.87. The summed E-state index contributed by atoms with van der Waals surface area (Å²) in [5.74, 6) is -2.78. The van der Waals surface area contributed by atoms with Crippen molar-refractivity contribution >= 4 is 22.9 Å². The maximum absolute atomic E-state index is 12.8. The van der Waals surface area contributed by atoms with Gasteiger partial charge in [0.25, 0.3) is 5.91 Å². The Hall–Kier alpha value is -4.73. The van der Waals surface area contributed by atoms with Gasteiger partial charge in [0.1, 0.15) is 17.5 Å². The molecule has 4 heterocycles. The number of benzene rings is 1. The number of alkyl halides is 3. The molecule has 2 N–H and O–H groups in total. The van der Waals surface area contributed by atoms with Crippen molar-refractivity contribution in [3.8, 4) is 17.3 Å². The third-order valence-corrected chi connectivity index (χ3v) is 5.87. The first-order valence-corrected chi connectivity index (χ1v) is 10.9. The van der Waals surface area contributed by atoms with Crippen molar-refractivity contribution in [3.63, 3.8) is 0 Å². The normalized spacial score (nSPS) is 14.3. The highest BCUT2D eigenvalue weighted by Crippen LogP contribution is 2.35. The number of fused-ring (bicyclic) bond motifs is 1. The summed E-state index contributed by atoms with van der Waals surface area (Å²) >= 11 is 0. The van der Waals surface area contributed by atoms with Gasteiger partial charge in [-0.3, -0.25) is 9.48 Å². The van der Waals surface area contributed by atoms with E-state index in [0.29, 0.717) is 18.7 Å². The van der Waals surface area contributed by atoms with E-state index in [0.717, 1.165) is 27.9 Å². The molecule has 13 heteroatoms. The van der Waals surface area contributed by atoms with Crippen molar-refractivity contribution in [1.29, 1.82) is 5.26 Å². The van der Waals surface area contributed by atoms with Crippen LogP contribution in [-0.2, 0) is 10.3 Å². The molecule has 37 heavy (non-hydrogen) atoms. The number of nitriles is 1. The number of carbonyl (C=O) groups excluding carboxylic acids is 1. The number of aliphatic carboxylic acids is 1. The lowest BCUT2D eigenvalue weighted by Crippen LogP contribution is -2.64. The number of likely N-dealkylation sites (tertiary alicyclic amines) is 1. The number of aromatic nitrogens is 5. The number of carbonyl (C=O) groups is 2. The predicted molar refractivity (Wildman–Crippen MR) is 124 cm³/mol. The minimum absolute atomic E-state index is 0.0236. The van der Waals surface area contributed by atoms with E-state index in [-0.39, 0.29) is 12.3 Å². The lowest BCUT2D eigenvalue weighted by Gasteiger charge is -2.49. The van der Waals surface area contributed by atoms with E-state index in [1.165, 1.54) is 6.33 Å². The summed E-state index contributed by atoms with van der Waals surface area (Å²) in [4.78, 5) is 35.2. The highest BCUT2D eigenvalue weighted by atomic mass is 19.4. The molecule has 3 aromatic heterocycles. The number of carboxylic acid groups (broad SMARTS) is 1. The molecular weight excluding hydrogens is 491 g/mol. The maximum Gasteiger partial charge on any atom is 0.490 e. The Morgan fingerprint density at radius 2 is 1.97 bits per heavy atom. The molecule has 10 nitrogen and oxygen atoms in total. The highest BCUT2D eigenvalue weighted by Gasteiger charge is 2.47. The fourth-order valence-corrected chi connectivity index (χ4v) is 4.06. The van der Waals surface area contributed by atoms with Crippen LogP contribution in [0.5, 0.6) is 0 Å². The second kappa shape index (κ2) is 9.73. The van der Waals surface area contributed by atoms with Crippen LogP contribution in [0.15, 0.2) is 55.2 Å². The van der Waals surface area contributed by atoms with E-state index in [2.05, 4.69) is 26.1 Å². The number of hydrogen-bond acceptors (Lipinski definition) is 6. The third kappa shape index (κ3) is 5.13. The fourth-order valence-electron chi connectivity index (χ4n) is 4.06. The molecular formula is C24H20F3N7O3. The van der Waals surface area contributed by atoms with Crippen LogP contribution in [0.3, 0.4) is 0 Å². The molecule has 0 aliphatic carbocycles. The largest absolute Gasteiger partial charge is 0.490 e. The van der Waals surface area contributed by atoms with E-state index in [1.807, 2.05) is 54.3 Å². The predicted octanol–water partition coefficient (Wildman–Crippen LogP) is 3.53. The fraction of sp³-hybridized carbons (Fsp3) is 0.250. The Morgan fingerprint density at radius 1 is 1.24 bits per heavy atom. The Balaban J connectivity index is 0.000000405. The van der Waals surface area contributed by atoms with Gasteiger partial charge in [0.05, 0.1) is 24.4 Å². The summed E-state index contributed by atoms with van der Waals surface area (Å²) in [5.41, 5.74) is 3.57.